The van der Waals surface area contributed by atoms with Gasteiger partial charge in [0.05, 0.1) is 0 Å². The van der Waals surface area contributed by atoms with E-state index in [9.17, 15) is 0 Å². The van der Waals surface area contributed by atoms with Gasteiger partial charge in [0.2, 0.25) is 5.72 Å². The Hall–Kier alpha value is -2.29. The van der Waals surface area contributed by atoms with Crippen LogP contribution in [0.1, 0.15) is 18.1 Å². The Morgan fingerprint density at radius 2 is 1.53 bits per heavy atom. The molecule has 1 atom stereocenters. The molecule has 0 saturated heterocycles. The standard InChI is InChI=1S/C16H16N2O/c1-16(14-11-7-4-8-12-14)18(2)15(17-19-16)13-9-5-3-6-10-13/h3-12H,1-2H3. The lowest BCUT2D eigenvalue weighted by Crippen LogP contribution is -2.41. The molecule has 96 valence electrons. The van der Waals surface area contributed by atoms with Crippen LogP contribution in [-0.2, 0) is 10.6 Å². The summed E-state index contributed by atoms with van der Waals surface area (Å²) in [4.78, 5) is 7.79. The minimum absolute atomic E-state index is 0.549. The highest BCUT2D eigenvalue weighted by molar-refractivity contribution is 5.99. The molecule has 1 unspecified atom stereocenters. The van der Waals surface area contributed by atoms with Gasteiger partial charge in [-0.3, -0.25) is 0 Å². The van der Waals surface area contributed by atoms with Gasteiger partial charge in [0.25, 0.3) is 0 Å². The van der Waals surface area contributed by atoms with Crippen molar-refractivity contribution in [2.75, 3.05) is 7.05 Å². The average Bonchev–Trinajstić information content (AvgIpc) is 2.78. The fourth-order valence-corrected chi connectivity index (χ4v) is 2.28. The normalized spacial score (nSPS) is 22.0. The molecular weight excluding hydrogens is 236 g/mol. The molecule has 1 aliphatic rings. The van der Waals surface area contributed by atoms with Crippen LogP contribution in [-0.4, -0.2) is 17.8 Å². The first-order valence-electron chi connectivity index (χ1n) is 6.33. The van der Waals surface area contributed by atoms with Crippen LogP contribution in [0, 0.1) is 0 Å². The summed E-state index contributed by atoms with van der Waals surface area (Å²) in [7, 11) is 2.01. The molecular formula is C16H16N2O. The second-order valence-corrected chi connectivity index (χ2v) is 4.78. The van der Waals surface area contributed by atoms with Crippen LogP contribution in [0.3, 0.4) is 0 Å². The number of hydrogen-bond acceptors (Lipinski definition) is 3. The number of nitrogens with zero attached hydrogens (tertiary/aromatic N) is 2. The van der Waals surface area contributed by atoms with Gasteiger partial charge >= 0.3 is 0 Å². The number of benzene rings is 2. The Kier molecular flexibility index (Phi) is 2.75. The fraction of sp³-hybridized carbons (Fsp3) is 0.188. The van der Waals surface area contributed by atoms with Gasteiger partial charge < -0.3 is 9.74 Å². The summed E-state index contributed by atoms with van der Waals surface area (Å²) in [6.07, 6.45) is 0. The SMILES string of the molecule is CN1C(c2ccccc2)=NOC1(C)c1ccccc1. The number of hydrogen-bond donors (Lipinski definition) is 0. The highest BCUT2D eigenvalue weighted by atomic mass is 16.7. The van der Waals surface area contributed by atoms with Gasteiger partial charge in [0.15, 0.2) is 5.84 Å². The fourth-order valence-electron chi connectivity index (χ4n) is 2.28. The van der Waals surface area contributed by atoms with Crippen LogP contribution >= 0.6 is 0 Å². The number of amidine groups is 1. The monoisotopic (exact) mass is 252 g/mol. The van der Waals surface area contributed by atoms with Crippen LogP contribution < -0.4 is 0 Å². The molecule has 0 amide bonds. The Balaban J connectivity index is 1.95. The van der Waals surface area contributed by atoms with Crippen molar-refractivity contribution in [2.24, 2.45) is 5.16 Å². The third kappa shape index (κ3) is 1.87. The number of oxime groups is 1. The van der Waals surface area contributed by atoms with Crippen molar-refractivity contribution in [3.8, 4) is 0 Å². The molecule has 0 radical (unpaired) electrons. The largest absolute Gasteiger partial charge is 0.360 e. The minimum Gasteiger partial charge on any atom is -0.360 e. The lowest BCUT2D eigenvalue weighted by Gasteiger charge is -2.31. The van der Waals surface area contributed by atoms with Crippen LogP contribution in [0.15, 0.2) is 65.8 Å². The molecule has 2 aromatic rings. The van der Waals surface area contributed by atoms with E-state index in [1.54, 1.807) is 0 Å². The Labute approximate surface area is 113 Å². The Morgan fingerprint density at radius 1 is 0.947 bits per heavy atom. The maximum absolute atomic E-state index is 5.72. The third-order valence-corrected chi connectivity index (χ3v) is 3.61. The summed E-state index contributed by atoms with van der Waals surface area (Å²) >= 11 is 0. The summed E-state index contributed by atoms with van der Waals surface area (Å²) in [5.41, 5.74) is 1.60. The predicted octanol–water partition coefficient (Wildman–Crippen LogP) is 3.18. The van der Waals surface area contributed by atoms with Gasteiger partial charge in [-0.15, -0.1) is 0 Å². The van der Waals surface area contributed by atoms with E-state index < -0.39 is 5.72 Å². The Morgan fingerprint density at radius 3 is 2.16 bits per heavy atom. The lowest BCUT2D eigenvalue weighted by molar-refractivity contribution is -0.0814. The molecule has 0 N–H and O–H groups in total. The molecule has 3 rings (SSSR count). The average molecular weight is 252 g/mol. The van der Waals surface area contributed by atoms with Gasteiger partial charge in [-0.25, -0.2) is 0 Å². The summed E-state index contributed by atoms with van der Waals surface area (Å²) in [5, 5.41) is 4.26. The molecule has 3 heteroatoms. The van der Waals surface area contributed by atoms with E-state index in [4.69, 9.17) is 4.84 Å². The summed E-state index contributed by atoms with van der Waals surface area (Å²) in [5.74, 6) is 0.854. The molecule has 2 aromatic carbocycles. The summed E-state index contributed by atoms with van der Waals surface area (Å²) < 4.78 is 0. The van der Waals surface area contributed by atoms with Crippen LogP contribution in [0.4, 0.5) is 0 Å². The van der Waals surface area contributed by atoms with Crippen molar-refractivity contribution in [1.82, 2.24) is 4.90 Å². The van der Waals surface area contributed by atoms with Crippen molar-refractivity contribution in [3.63, 3.8) is 0 Å². The highest BCUT2D eigenvalue weighted by Gasteiger charge is 2.41. The molecule has 1 aliphatic heterocycles. The van der Waals surface area contributed by atoms with Crippen LogP contribution in [0.2, 0.25) is 0 Å². The third-order valence-electron chi connectivity index (χ3n) is 3.61. The molecule has 0 aliphatic carbocycles. The molecule has 0 aromatic heterocycles. The second-order valence-electron chi connectivity index (χ2n) is 4.78. The zero-order valence-electron chi connectivity index (χ0n) is 11.1. The second kappa shape index (κ2) is 4.43. The molecule has 0 bridgehead atoms. The summed E-state index contributed by atoms with van der Waals surface area (Å²) in [6.45, 7) is 2.03. The Bertz CT molecular complexity index is 595. The zero-order valence-corrected chi connectivity index (χ0v) is 11.1. The zero-order chi connectivity index (χ0) is 13.3. The molecule has 19 heavy (non-hydrogen) atoms. The van der Waals surface area contributed by atoms with Crippen molar-refractivity contribution in [2.45, 2.75) is 12.6 Å². The van der Waals surface area contributed by atoms with E-state index in [0.29, 0.717) is 0 Å². The van der Waals surface area contributed by atoms with Gasteiger partial charge in [0.1, 0.15) is 0 Å². The predicted molar refractivity (Wildman–Crippen MR) is 75.6 cm³/mol. The van der Waals surface area contributed by atoms with Crippen LogP contribution in [0.25, 0.3) is 0 Å². The molecule has 3 nitrogen and oxygen atoms in total. The smallest absolute Gasteiger partial charge is 0.234 e. The van der Waals surface area contributed by atoms with Gasteiger partial charge in [-0.05, 0) is 0 Å². The van der Waals surface area contributed by atoms with E-state index in [1.807, 2.05) is 62.5 Å². The highest BCUT2D eigenvalue weighted by Crippen LogP contribution is 2.34. The van der Waals surface area contributed by atoms with E-state index in [-0.39, 0.29) is 0 Å². The van der Waals surface area contributed by atoms with Crippen LogP contribution in [0.5, 0.6) is 0 Å². The molecule has 0 fully saturated rings. The van der Waals surface area contributed by atoms with E-state index >= 15 is 0 Å². The first-order chi connectivity index (χ1) is 9.22. The van der Waals surface area contributed by atoms with Crippen molar-refractivity contribution < 1.29 is 4.84 Å². The molecule has 0 saturated carbocycles. The van der Waals surface area contributed by atoms with Crippen molar-refractivity contribution in [1.29, 1.82) is 0 Å². The summed E-state index contributed by atoms with van der Waals surface area (Å²) in [6, 6.07) is 20.2. The minimum atomic E-state index is -0.549. The van der Waals surface area contributed by atoms with Crippen molar-refractivity contribution in [3.05, 3.63) is 71.8 Å². The lowest BCUT2D eigenvalue weighted by atomic mass is 10.0. The maximum atomic E-state index is 5.72. The molecule has 1 heterocycles. The first-order valence-corrected chi connectivity index (χ1v) is 6.33. The molecule has 0 spiro atoms. The van der Waals surface area contributed by atoms with E-state index in [1.165, 1.54) is 0 Å². The topological polar surface area (TPSA) is 24.8 Å². The van der Waals surface area contributed by atoms with Gasteiger partial charge in [0, 0.05) is 25.1 Å². The van der Waals surface area contributed by atoms with Gasteiger partial charge in [-0.2, -0.15) is 0 Å². The van der Waals surface area contributed by atoms with E-state index in [0.717, 1.165) is 17.0 Å². The van der Waals surface area contributed by atoms with Gasteiger partial charge in [-0.1, -0.05) is 65.8 Å². The van der Waals surface area contributed by atoms with E-state index in [2.05, 4.69) is 22.2 Å². The van der Waals surface area contributed by atoms with Crippen molar-refractivity contribution >= 4 is 5.84 Å². The first kappa shape index (κ1) is 11.8. The maximum Gasteiger partial charge on any atom is 0.234 e. The number of rotatable bonds is 2. The quantitative estimate of drug-likeness (QED) is 0.820.